The minimum atomic E-state index is -0.142. The Kier molecular flexibility index (Phi) is 3.32. The minimum absolute atomic E-state index is 0.00157. The highest BCUT2D eigenvalue weighted by Gasteiger charge is 2.66. The summed E-state index contributed by atoms with van der Waals surface area (Å²) in [6.07, 6.45) is 0.972. The number of carbonyl (C=O) groups is 2. The van der Waals surface area contributed by atoms with Crippen LogP contribution < -0.4 is 4.90 Å². The Morgan fingerprint density at radius 1 is 1.00 bits per heavy atom. The number of aryl methyl sites for hydroxylation is 2. The molecule has 3 aliphatic rings. The molecule has 116 valence electrons. The van der Waals surface area contributed by atoms with E-state index in [1.807, 2.05) is 32.0 Å². The Balaban J connectivity index is 1.76. The van der Waals surface area contributed by atoms with Gasteiger partial charge in [0, 0.05) is 9.65 Å². The number of hydrogen-bond acceptors (Lipinski definition) is 2. The minimum Gasteiger partial charge on any atom is -0.274 e. The number of carbonyl (C=O) groups excluding carboxylic acids is 2. The summed E-state index contributed by atoms with van der Waals surface area (Å²) in [5.41, 5.74) is 2.88. The molecule has 1 aromatic rings. The van der Waals surface area contributed by atoms with Gasteiger partial charge in [0.15, 0.2) is 0 Å². The molecule has 5 heteroatoms. The average molecular weight is 427 g/mol. The number of hydrogen-bond donors (Lipinski definition) is 0. The summed E-state index contributed by atoms with van der Waals surface area (Å²) in [5.74, 6) is 0.252. The van der Waals surface area contributed by atoms with E-state index >= 15 is 0 Å². The largest absolute Gasteiger partial charge is 0.274 e. The average Bonchev–Trinajstić information content (AvgIpc) is 3.06. The van der Waals surface area contributed by atoms with Gasteiger partial charge in [-0.1, -0.05) is 49.6 Å². The van der Waals surface area contributed by atoms with E-state index in [-0.39, 0.29) is 45.1 Å². The first-order valence-electron chi connectivity index (χ1n) is 7.65. The lowest BCUT2D eigenvalue weighted by Crippen LogP contribution is -2.37. The predicted octanol–water partition coefficient (Wildman–Crippen LogP) is 3.59. The number of amides is 2. The molecule has 0 aromatic heterocycles. The lowest BCUT2D eigenvalue weighted by atomic mass is 9.81. The summed E-state index contributed by atoms with van der Waals surface area (Å²) < 4.78 is 0. The molecule has 0 spiro atoms. The molecule has 1 heterocycles. The van der Waals surface area contributed by atoms with Crippen LogP contribution in [0.5, 0.6) is 0 Å². The SMILES string of the molecule is Cc1ccc(N2C(=O)C3C4CC(C(Br)C4Br)C3C2=O)c(C)c1. The summed E-state index contributed by atoms with van der Waals surface area (Å²) in [6.45, 7) is 3.98. The van der Waals surface area contributed by atoms with Gasteiger partial charge in [-0.3, -0.25) is 9.59 Å². The van der Waals surface area contributed by atoms with Gasteiger partial charge < -0.3 is 0 Å². The Bertz CT molecular complexity index is 657. The van der Waals surface area contributed by atoms with Crippen molar-refractivity contribution < 1.29 is 9.59 Å². The highest BCUT2D eigenvalue weighted by Crippen LogP contribution is 2.60. The number of rotatable bonds is 1. The third kappa shape index (κ3) is 1.78. The molecule has 2 bridgehead atoms. The van der Waals surface area contributed by atoms with Gasteiger partial charge in [-0.2, -0.15) is 0 Å². The van der Waals surface area contributed by atoms with Crippen LogP contribution in [0.4, 0.5) is 5.69 Å². The van der Waals surface area contributed by atoms with Crippen molar-refractivity contribution in [2.45, 2.75) is 29.9 Å². The second kappa shape index (κ2) is 4.91. The second-order valence-corrected chi connectivity index (χ2v) is 8.92. The highest BCUT2D eigenvalue weighted by molar-refractivity contribution is 9.12. The number of nitrogens with zero attached hydrogens (tertiary/aromatic N) is 1. The van der Waals surface area contributed by atoms with Crippen molar-refractivity contribution in [3.05, 3.63) is 29.3 Å². The van der Waals surface area contributed by atoms with Gasteiger partial charge in [0.2, 0.25) is 11.8 Å². The molecular formula is C17H17Br2NO2. The van der Waals surface area contributed by atoms with Crippen molar-refractivity contribution in [3.63, 3.8) is 0 Å². The lowest BCUT2D eigenvalue weighted by molar-refractivity contribution is -0.123. The smallest absolute Gasteiger partial charge is 0.238 e. The summed E-state index contributed by atoms with van der Waals surface area (Å²) in [5, 5.41) is 0. The van der Waals surface area contributed by atoms with Crippen molar-refractivity contribution in [1.29, 1.82) is 0 Å². The van der Waals surface area contributed by atoms with E-state index in [1.54, 1.807) is 0 Å². The lowest BCUT2D eigenvalue weighted by Gasteiger charge is -2.28. The first-order valence-corrected chi connectivity index (χ1v) is 9.48. The predicted molar refractivity (Wildman–Crippen MR) is 92.4 cm³/mol. The molecule has 1 aliphatic heterocycles. The molecule has 0 N–H and O–H groups in total. The quantitative estimate of drug-likeness (QED) is 0.508. The molecule has 22 heavy (non-hydrogen) atoms. The Morgan fingerprint density at radius 2 is 1.55 bits per heavy atom. The molecule has 1 aromatic carbocycles. The summed E-state index contributed by atoms with van der Waals surface area (Å²) in [6, 6.07) is 5.89. The van der Waals surface area contributed by atoms with Crippen LogP contribution in [0, 0.1) is 37.5 Å². The number of benzene rings is 1. The molecule has 0 radical (unpaired) electrons. The zero-order valence-electron chi connectivity index (χ0n) is 12.4. The van der Waals surface area contributed by atoms with E-state index in [0.29, 0.717) is 0 Å². The van der Waals surface area contributed by atoms with Crippen molar-refractivity contribution in [2.75, 3.05) is 4.90 Å². The van der Waals surface area contributed by atoms with E-state index in [1.165, 1.54) is 4.90 Å². The van der Waals surface area contributed by atoms with Gasteiger partial charge in [0.1, 0.15) is 0 Å². The summed E-state index contributed by atoms with van der Waals surface area (Å²) in [7, 11) is 0. The van der Waals surface area contributed by atoms with Crippen LogP contribution in [0.25, 0.3) is 0 Å². The summed E-state index contributed by atoms with van der Waals surface area (Å²) in [4.78, 5) is 27.9. The highest BCUT2D eigenvalue weighted by atomic mass is 79.9. The maximum absolute atomic E-state index is 12.9. The molecular weight excluding hydrogens is 410 g/mol. The molecule has 4 rings (SSSR count). The number of anilines is 1. The Morgan fingerprint density at radius 3 is 2.05 bits per heavy atom. The van der Waals surface area contributed by atoms with E-state index in [2.05, 4.69) is 31.9 Å². The van der Waals surface area contributed by atoms with Crippen LogP contribution in [0.3, 0.4) is 0 Å². The van der Waals surface area contributed by atoms with E-state index < -0.39 is 0 Å². The van der Waals surface area contributed by atoms with Gasteiger partial charge in [-0.05, 0) is 43.7 Å². The van der Waals surface area contributed by atoms with Crippen LogP contribution in [0.15, 0.2) is 18.2 Å². The van der Waals surface area contributed by atoms with Crippen LogP contribution in [0.1, 0.15) is 17.5 Å². The van der Waals surface area contributed by atoms with E-state index in [0.717, 1.165) is 23.2 Å². The topological polar surface area (TPSA) is 37.4 Å². The zero-order chi connectivity index (χ0) is 15.8. The molecule has 2 saturated carbocycles. The van der Waals surface area contributed by atoms with E-state index in [9.17, 15) is 9.59 Å². The normalized spacial score (nSPS) is 39.7. The third-order valence-electron chi connectivity index (χ3n) is 5.58. The van der Waals surface area contributed by atoms with E-state index in [4.69, 9.17) is 0 Å². The molecule has 6 atom stereocenters. The first-order chi connectivity index (χ1) is 10.4. The van der Waals surface area contributed by atoms with Crippen molar-refractivity contribution in [2.24, 2.45) is 23.7 Å². The molecule has 2 aliphatic carbocycles. The fourth-order valence-electron chi connectivity index (χ4n) is 4.64. The molecule has 1 saturated heterocycles. The second-order valence-electron chi connectivity index (χ2n) is 6.81. The number of imide groups is 1. The van der Waals surface area contributed by atoms with Crippen molar-refractivity contribution in [3.8, 4) is 0 Å². The molecule has 3 nitrogen and oxygen atoms in total. The van der Waals surface area contributed by atoms with Gasteiger partial charge >= 0.3 is 0 Å². The fourth-order valence-corrected chi connectivity index (χ4v) is 6.52. The molecule has 6 unspecified atom stereocenters. The monoisotopic (exact) mass is 425 g/mol. The van der Waals surface area contributed by atoms with Gasteiger partial charge in [0.25, 0.3) is 0 Å². The zero-order valence-corrected chi connectivity index (χ0v) is 15.6. The Hall–Kier alpha value is -0.680. The third-order valence-corrected chi connectivity index (χ3v) is 8.79. The number of halogens is 2. The van der Waals surface area contributed by atoms with Crippen LogP contribution in [-0.2, 0) is 9.59 Å². The molecule has 3 fully saturated rings. The van der Waals surface area contributed by atoms with Crippen molar-refractivity contribution in [1.82, 2.24) is 0 Å². The van der Waals surface area contributed by atoms with Gasteiger partial charge in [-0.25, -0.2) is 4.90 Å². The van der Waals surface area contributed by atoms with Crippen LogP contribution >= 0.6 is 31.9 Å². The number of alkyl halides is 2. The van der Waals surface area contributed by atoms with Crippen LogP contribution in [0.2, 0.25) is 0 Å². The molecule has 2 amide bonds. The van der Waals surface area contributed by atoms with Crippen molar-refractivity contribution >= 4 is 49.4 Å². The summed E-state index contributed by atoms with van der Waals surface area (Å²) >= 11 is 7.43. The Labute approximate surface area is 146 Å². The number of fused-ring (bicyclic) bond motifs is 5. The van der Waals surface area contributed by atoms with Gasteiger partial charge in [0.05, 0.1) is 17.5 Å². The standard InChI is InChI=1S/C17H17Br2NO2/c1-7-3-4-11(8(2)5-7)20-16(21)12-9-6-10(13(12)17(20)22)15(19)14(9)18/h3-5,9-10,12-15H,6H2,1-2H3. The van der Waals surface area contributed by atoms with Crippen LogP contribution in [-0.4, -0.2) is 21.5 Å². The first kappa shape index (κ1) is 14.9. The maximum atomic E-state index is 12.9. The van der Waals surface area contributed by atoms with Gasteiger partial charge in [-0.15, -0.1) is 0 Å². The fraction of sp³-hybridized carbons (Fsp3) is 0.529. The maximum Gasteiger partial charge on any atom is 0.238 e.